The highest BCUT2D eigenvalue weighted by atomic mass is 32.1. The maximum atomic E-state index is 12.8. The predicted molar refractivity (Wildman–Crippen MR) is 102 cm³/mol. The monoisotopic (exact) mass is 358 g/mol. The normalized spacial score (nSPS) is 18.7. The van der Waals surface area contributed by atoms with E-state index in [0.717, 1.165) is 17.0 Å². The molecule has 0 aliphatic carbocycles. The second-order valence-electron chi connectivity index (χ2n) is 7.21. The number of aryl methyl sites for hydroxylation is 1. The van der Waals surface area contributed by atoms with Gasteiger partial charge in [-0.1, -0.05) is 35.9 Å². The molecule has 25 heavy (non-hydrogen) atoms. The van der Waals surface area contributed by atoms with Crippen molar-refractivity contribution in [2.75, 3.05) is 26.3 Å². The molecule has 1 atom stereocenters. The smallest absolute Gasteiger partial charge is 0.234 e. The number of hydrogen-bond acceptors (Lipinski definition) is 4. The number of hydrogen-bond donors (Lipinski definition) is 1. The van der Waals surface area contributed by atoms with Crippen LogP contribution in [0, 0.1) is 6.92 Å². The third kappa shape index (κ3) is 4.48. The summed E-state index contributed by atoms with van der Waals surface area (Å²) in [5.74, 6) is 0.0500. The molecule has 1 N–H and O–H groups in total. The van der Waals surface area contributed by atoms with E-state index in [4.69, 9.17) is 4.74 Å². The lowest BCUT2D eigenvalue weighted by atomic mass is 10.0. The number of carbonyl (C=O) groups excluding carboxylic acids is 1. The highest BCUT2D eigenvalue weighted by Crippen LogP contribution is 2.26. The van der Waals surface area contributed by atoms with E-state index in [1.807, 2.05) is 11.4 Å². The van der Waals surface area contributed by atoms with E-state index in [0.29, 0.717) is 19.8 Å². The summed E-state index contributed by atoms with van der Waals surface area (Å²) in [6.07, 6.45) is 0. The lowest BCUT2D eigenvalue weighted by Crippen LogP contribution is -2.55. The molecule has 0 radical (unpaired) electrons. The molecule has 1 aliphatic rings. The number of rotatable bonds is 5. The Morgan fingerprint density at radius 1 is 1.32 bits per heavy atom. The van der Waals surface area contributed by atoms with Gasteiger partial charge in [-0.3, -0.25) is 9.69 Å². The molecule has 1 aliphatic heterocycles. The Morgan fingerprint density at radius 2 is 2.08 bits per heavy atom. The molecule has 2 aromatic rings. The van der Waals surface area contributed by atoms with Crippen LogP contribution in [0.3, 0.4) is 0 Å². The van der Waals surface area contributed by atoms with Crippen LogP contribution in [-0.4, -0.2) is 42.6 Å². The molecule has 2 heterocycles. The molecule has 0 saturated carbocycles. The number of ether oxygens (including phenoxy) is 1. The number of carbonyl (C=O) groups is 1. The highest BCUT2D eigenvalue weighted by molar-refractivity contribution is 7.10. The van der Waals surface area contributed by atoms with E-state index in [2.05, 4.69) is 61.3 Å². The zero-order chi connectivity index (χ0) is 17.9. The summed E-state index contributed by atoms with van der Waals surface area (Å²) >= 11 is 1.67. The summed E-state index contributed by atoms with van der Waals surface area (Å²) in [4.78, 5) is 16.1. The molecule has 1 aromatic heterocycles. The van der Waals surface area contributed by atoms with Crippen LogP contribution < -0.4 is 5.32 Å². The summed E-state index contributed by atoms with van der Waals surface area (Å²) in [5, 5.41) is 5.28. The van der Waals surface area contributed by atoms with E-state index in [-0.39, 0.29) is 17.5 Å². The SMILES string of the molecule is Cc1ccc([C@H](NC(=O)CN2CCOCC2(C)C)c2cccs2)cc1. The van der Waals surface area contributed by atoms with Crippen molar-refractivity contribution in [3.8, 4) is 0 Å². The summed E-state index contributed by atoms with van der Waals surface area (Å²) in [7, 11) is 0. The number of nitrogens with zero attached hydrogens (tertiary/aromatic N) is 1. The van der Waals surface area contributed by atoms with Gasteiger partial charge in [-0.15, -0.1) is 11.3 Å². The minimum Gasteiger partial charge on any atom is -0.378 e. The topological polar surface area (TPSA) is 41.6 Å². The zero-order valence-corrected chi connectivity index (χ0v) is 15.9. The molecule has 3 rings (SSSR count). The van der Waals surface area contributed by atoms with Gasteiger partial charge in [-0.05, 0) is 37.8 Å². The van der Waals surface area contributed by atoms with Crippen molar-refractivity contribution in [1.82, 2.24) is 10.2 Å². The first kappa shape index (κ1) is 18.1. The van der Waals surface area contributed by atoms with Crippen molar-refractivity contribution in [3.05, 3.63) is 57.8 Å². The molecule has 1 aromatic carbocycles. The van der Waals surface area contributed by atoms with Crippen LogP contribution in [0.4, 0.5) is 0 Å². The van der Waals surface area contributed by atoms with Crippen LogP contribution in [0.25, 0.3) is 0 Å². The van der Waals surface area contributed by atoms with Crippen LogP contribution >= 0.6 is 11.3 Å². The largest absolute Gasteiger partial charge is 0.378 e. The number of morpholine rings is 1. The minimum absolute atomic E-state index is 0.0500. The zero-order valence-electron chi connectivity index (χ0n) is 15.1. The van der Waals surface area contributed by atoms with Crippen molar-refractivity contribution in [3.63, 3.8) is 0 Å². The molecule has 1 fully saturated rings. The summed E-state index contributed by atoms with van der Waals surface area (Å²) in [6.45, 7) is 8.84. The van der Waals surface area contributed by atoms with Gasteiger partial charge in [0.15, 0.2) is 0 Å². The van der Waals surface area contributed by atoms with Crippen molar-refractivity contribution < 1.29 is 9.53 Å². The third-order valence-electron chi connectivity index (χ3n) is 4.70. The van der Waals surface area contributed by atoms with Crippen LogP contribution in [0.1, 0.15) is 35.9 Å². The van der Waals surface area contributed by atoms with Crippen LogP contribution in [0.15, 0.2) is 41.8 Å². The Balaban J connectivity index is 1.74. The number of thiophene rings is 1. The van der Waals surface area contributed by atoms with Gasteiger partial charge in [0, 0.05) is 17.0 Å². The Hall–Kier alpha value is -1.69. The standard InChI is InChI=1S/C20H26N2O2S/c1-15-6-8-16(9-7-15)19(17-5-4-12-25-17)21-18(23)13-22-10-11-24-14-20(22,2)3/h4-9,12,19H,10-11,13-14H2,1-3H3,(H,21,23)/t19-/m0/s1. The fourth-order valence-electron chi connectivity index (χ4n) is 3.10. The van der Waals surface area contributed by atoms with E-state index < -0.39 is 0 Å². The third-order valence-corrected chi connectivity index (χ3v) is 5.63. The van der Waals surface area contributed by atoms with E-state index in [1.54, 1.807) is 11.3 Å². The number of amides is 1. The molecule has 1 amide bonds. The average molecular weight is 359 g/mol. The maximum Gasteiger partial charge on any atom is 0.234 e. The van der Waals surface area contributed by atoms with Gasteiger partial charge in [0.1, 0.15) is 0 Å². The van der Waals surface area contributed by atoms with E-state index >= 15 is 0 Å². The molecule has 1 saturated heterocycles. The van der Waals surface area contributed by atoms with Gasteiger partial charge < -0.3 is 10.1 Å². The molecule has 0 spiro atoms. The molecule has 134 valence electrons. The van der Waals surface area contributed by atoms with Gasteiger partial charge in [0.2, 0.25) is 5.91 Å². The molecule has 0 unspecified atom stereocenters. The Bertz CT molecular complexity index is 695. The van der Waals surface area contributed by atoms with Gasteiger partial charge in [-0.25, -0.2) is 0 Å². The molecule has 4 nitrogen and oxygen atoms in total. The van der Waals surface area contributed by atoms with Crippen molar-refractivity contribution >= 4 is 17.2 Å². The maximum absolute atomic E-state index is 12.8. The van der Waals surface area contributed by atoms with E-state index in [9.17, 15) is 4.79 Å². The van der Waals surface area contributed by atoms with Gasteiger partial charge in [0.05, 0.1) is 25.8 Å². The Morgan fingerprint density at radius 3 is 2.72 bits per heavy atom. The first-order chi connectivity index (χ1) is 12.0. The van der Waals surface area contributed by atoms with Gasteiger partial charge in [-0.2, -0.15) is 0 Å². The van der Waals surface area contributed by atoms with Crippen LogP contribution in [-0.2, 0) is 9.53 Å². The van der Waals surface area contributed by atoms with Gasteiger partial charge >= 0.3 is 0 Å². The predicted octanol–water partition coefficient (Wildman–Crippen LogP) is 3.37. The molecular weight excluding hydrogens is 332 g/mol. The highest BCUT2D eigenvalue weighted by Gasteiger charge is 2.32. The first-order valence-electron chi connectivity index (χ1n) is 8.68. The fraction of sp³-hybridized carbons (Fsp3) is 0.450. The lowest BCUT2D eigenvalue weighted by Gasteiger charge is -2.41. The fourth-order valence-corrected chi connectivity index (χ4v) is 3.90. The number of nitrogens with one attached hydrogen (secondary N) is 1. The van der Waals surface area contributed by atoms with Crippen LogP contribution in [0.2, 0.25) is 0 Å². The quantitative estimate of drug-likeness (QED) is 0.891. The minimum atomic E-state index is -0.113. The Labute approximate surface area is 153 Å². The van der Waals surface area contributed by atoms with Crippen molar-refractivity contribution in [1.29, 1.82) is 0 Å². The van der Waals surface area contributed by atoms with Crippen molar-refractivity contribution in [2.45, 2.75) is 32.4 Å². The average Bonchev–Trinajstić information content (AvgIpc) is 3.10. The first-order valence-corrected chi connectivity index (χ1v) is 9.56. The molecule has 0 bridgehead atoms. The second-order valence-corrected chi connectivity index (χ2v) is 8.19. The molecular formula is C20H26N2O2S. The Kier molecular flexibility index (Phi) is 5.57. The van der Waals surface area contributed by atoms with Crippen LogP contribution in [0.5, 0.6) is 0 Å². The lowest BCUT2D eigenvalue weighted by molar-refractivity contribution is -0.127. The van der Waals surface area contributed by atoms with Crippen molar-refractivity contribution in [2.24, 2.45) is 0 Å². The number of benzene rings is 1. The van der Waals surface area contributed by atoms with Gasteiger partial charge in [0.25, 0.3) is 0 Å². The second kappa shape index (κ2) is 7.68. The molecule has 5 heteroatoms. The summed E-state index contributed by atoms with van der Waals surface area (Å²) in [5.41, 5.74) is 2.22. The summed E-state index contributed by atoms with van der Waals surface area (Å²) in [6, 6.07) is 12.4. The summed E-state index contributed by atoms with van der Waals surface area (Å²) < 4.78 is 5.55. The van der Waals surface area contributed by atoms with E-state index in [1.165, 1.54) is 5.56 Å².